The number of hydrogen-bond acceptors (Lipinski definition) is 6. The van der Waals surface area contributed by atoms with E-state index in [4.69, 9.17) is 19.4 Å². The number of aromatic nitrogens is 2. The molecule has 2 aliphatic heterocycles. The third-order valence-corrected chi connectivity index (χ3v) is 5.18. The maximum atomic E-state index is 13.7. The number of rotatable bonds is 4. The van der Waals surface area contributed by atoms with Crippen LogP contribution in [0.4, 0.5) is 17.6 Å². The lowest BCUT2D eigenvalue weighted by Gasteiger charge is -2.26. The van der Waals surface area contributed by atoms with Crippen molar-refractivity contribution in [3.05, 3.63) is 54.2 Å². The Kier molecular flexibility index (Phi) is 6.92. The number of alkyl halides is 3. The van der Waals surface area contributed by atoms with Gasteiger partial charge in [0.05, 0.1) is 30.8 Å². The number of aliphatic carboxylic acids is 1. The van der Waals surface area contributed by atoms with E-state index in [1.807, 2.05) is 4.90 Å². The van der Waals surface area contributed by atoms with Crippen LogP contribution in [-0.2, 0) is 9.53 Å². The number of fused-ring (bicyclic) bond motifs is 1. The number of pyridine rings is 2. The highest BCUT2D eigenvalue weighted by atomic mass is 19.4. The third-order valence-electron chi connectivity index (χ3n) is 5.18. The van der Waals surface area contributed by atoms with E-state index in [1.54, 1.807) is 24.5 Å². The van der Waals surface area contributed by atoms with Crippen LogP contribution >= 0.6 is 0 Å². The molecule has 1 N–H and O–H groups in total. The molecule has 0 saturated carbocycles. The molecule has 0 unspecified atom stereocenters. The monoisotopic (exact) mass is 457 g/mol. The lowest BCUT2D eigenvalue weighted by atomic mass is 9.82. The number of halogens is 4. The Morgan fingerprint density at radius 3 is 2.62 bits per heavy atom. The molecule has 0 aromatic carbocycles. The Balaban J connectivity index is 0.000000360. The van der Waals surface area contributed by atoms with Gasteiger partial charge in [-0.15, -0.1) is 0 Å². The van der Waals surface area contributed by atoms with E-state index in [1.165, 1.54) is 18.3 Å². The zero-order valence-corrected chi connectivity index (χ0v) is 16.6. The fourth-order valence-electron chi connectivity index (χ4n) is 3.55. The number of carboxylic acid groups (broad SMARTS) is 1. The van der Waals surface area contributed by atoms with Gasteiger partial charge in [-0.1, -0.05) is 0 Å². The molecular formula is C20H19F4N3O5. The smallest absolute Gasteiger partial charge is 0.475 e. The van der Waals surface area contributed by atoms with Crippen LogP contribution in [0.3, 0.4) is 0 Å². The maximum absolute atomic E-state index is 13.7. The summed E-state index contributed by atoms with van der Waals surface area (Å²) in [6.45, 7) is 2.44. The van der Waals surface area contributed by atoms with E-state index < -0.39 is 18.0 Å². The largest absolute Gasteiger partial charge is 0.490 e. The van der Waals surface area contributed by atoms with E-state index in [0.29, 0.717) is 31.9 Å². The highest BCUT2D eigenvalue weighted by Crippen LogP contribution is 2.42. The molecule has 0 bridgehead atoms. The van der Waals surface area contributed by atoms with E-state index in [9.17, 15) is 22.4 Å². The van der Waals surface area contributed by atoms with Crippen LogP contribution in [0.1, 0.15) is 10.4 Å². The van der Waals surface area contributed by atoms with Crippen molar-refractivity contribution in [3.8, 4) is 5.88 Å². The molecule has 172 valence electrons. The number of carbonyl (C=O) groups excluding carboxylic acids is 1. The van der Waals surface area contributed by atoms with Crippen LogP contribution in [0, 0.1) is 17.2 Å². The molecule has 4 rings (SSSR count). The Labute approximate surface area is 179 Å². The second kappa shape index (κ2) is 9.47. The summed E-state index contributed by atoms with van der Waals surface area (Å²) in [5.41, 5.74) is 0.234. The topological polar surface area (TPSA) is 102 Å². The quantitative estimate of drug-likeness (QED) is 0.704. The van der Waals surface area contributed by atoms with Gasteiger partial charge in [0.2, 0.25) is 5.88 Å². The first-order chi connectivity index (χ1) is 15.1. The first kappa shape index (κ1) is 23.4. The molecule has 2 saturated heterocycles. The first-order valence-corrected chi connectivity index (χ1v) is 9.43. The van der Waals surface area contributed by atoms with Crippen molar-refractivity contribution in [3.63, 3.8) is 0 Å². The van der Waals surface area contributed by atoms with Gasteiger partial charge in [0, 0.05) is 37.6 Å². The van der Waals surface area contributed by atoms with Crippen molar-refractivity contribution in [1.82, 2.24) is 14.9 Å². The normalized spacial score (nSPS) is 22.0. The van der Waals surface area contributed by atoms with E-state index >= 15 is 0 Å². The van der Waals surface area contributed by atoms with Crippen molar-refractivity contribution < 1.29 is 41.7 Å². The molecule has 2 aromatic rings. The molecular weight excluding hydrogens is 438 g/mol. The molecule has 2 aliphatic rings. The second-order valence-corrected chi connectivity index (χ2v) is 7.38. The molecule has 12 heteroatoms. The predicted molar refractivity (Wildman–Crippen MR) is 100 cm³/mol. The third kappa shape index (κ3) is 5.31. The van der Waals surface area contributed by atoms with Gasteiger partial charge in [-0.2, -0.15) is 13.2 Å². The first-order valence-electron chi connectivity index (χ1n) is 9.43. The summed E-state index contributed by atoms with van der Waals surface area (Å²) in [5, 5.41) is 7.12. The lowest BCUT2D eigenvalue weighted by molar-refractivity contribution is -0.192. The molecule has 8 nitrogen and oxygen atoms in total. The second-order valence-electron chi connectivity index (χ2n) is 7.38. The van der Waals surface area contributed by atoms with Crippen LogP contribution in [0.2, 0.25) is 0 Å². The van der Waals surface area contributed by atoms with E-state index in [2.05, 4.69) is 9.97 Å². The number of hydrogen-bond donors (Lipinski definition) is 1. The predicted octanol–water partition coefficient (Wildman–Crippen LogP) is 2.42. The van der Waals surface area contributed by atoms with E-state index in [-0.39, 0.29) is 29.7 Å². The van der Waals surface area contributed by atoms with Crippen molar-refractivity contribution in [2.45, 2.75) is 6.18 Å². The molecule has 2 atom stereocenters. The Hall–Kier alpha value is -3.28. The lowest BCUT2D eigenvalue weighted by Crippen LogP contribution is -2.38. The molecule has 2 fully saturated rings. The molecule has 0 radical (unpaired) electrons. The fraction of sp³-hybridized carbons (Fsp3) is 0.400. The minimum atomic E-state index is -5.08. The standard InChI is InChI=1S/C18H18FN3O3.C2HF3O2/c19-15-4-2-6-21-16(15)25-12-18-10-22(8-14(18)9-24-11-18)17(23)13-3-1-5-20-7-13;3-2(4,5)1(6)7/h1-7,14H,8-12H2;(H,6,7)/t14-,18+;/m1./s1. The van der Waals surface area contributed by atoms with Crippen molar-refractivity contribution >= 4 is 11.9 Å². The number of ether oxygens (including phenoxy) is 2. The van der Waals surface area contributed by atoms with Gasteiger partial charge in [0.15, 0.2) is 5.82 Å². The number of nitrogens with zero attached hydrogens (tertiary/aromatic N) is 3. The van der Waals surface area contributed by atoms with Gasteiger partial charge in [0.25, 0.3) is 5.91 Å². The highest BCUT2D eigenvalue weighted by molar-refractivity contribution is 5.94. The summed E-state index contributed by atoms with van der Waals surface area (Å²) in [5.74, 6) is -3.14. The summed E-state index contributed by atoms with van der Waals surface area (Å²) >= 11 is 0. The number of likely N-dealkylation sites (tertiary alicyclic amines) is 1. The molecule has 0 spiro atoms. The van der Waals surface area contributed by atoms with Gasteiger partial charge >= 0.3 is 12.1 Å². The zero-order chi connectivity index (χ0) is 23.4. The molecule has 4 heterocycles. The Morgan fingerprint density at radius 2 is 2.00 bits per heavy atom. The van der Waals surface area contributed by atoms with Gasteiger partial charge < -0.3 is 19.5 Å². The van der Waals surface area contributed by atoms with Crippen molar-refractivity contribution in [2.24, 2.45) is 11.3 Å². The molecule has 1 amide bonds. The average Bonchev–Trinajstić information content (AvgIpc) is 3.30. The summed E-state index contributed by atoms with van der Waals surface area (Å²) < 4.78 is 56.7. The average molecular weight is 457 g/mol. The Morgan fingerprint density at radius 1 is 1.28 bits per heavy atom. The number of amides is 1. The molecule has 2 aromatic heterocycles. The Bertz CT molecular complexity index is 960. The maximum Gasteiger partial charge on any atom is 0.490 e. The van der Waals surface area contributed by atoms with Gasteiger partial charge in [-0.25, -0.2) is 14.2 Å². The summed E-state index contributed by atoms with van der Waals surface area (Å²) in [6, 6.07) is 6.34. The number of carboxylic acids is 1. The fourth-order valence-corrected chi connectivity index (χ4v) is 3.55. The number of carbonyl (C=O) groups is 2. The SMILES string of the molecule is O=C(O)C(F)(F)F.O=C(c1cccnc1)N1C[C@@H]2COC[C@]2(COc2ncccc2F)C1. The minimum Gasteiger partial charge on any atom is -0.475 e. The van der Waals surface area contributed by atoms with Crippen molar-refractivity contribution in [1.29, 1.82) is 0 Å². The zero-order valence-electron chi connectivity index (χ0n) is 16.6. The van der Waals surface area contributed by atoms with Crippen LogP contribution in [0.25, 0.3) is 0 Å². The van der Waals surface area contributed by atoms with Crippen molar-refractivity contribution in [2.75, 3.05) is 32.9 Å². The summed E-state index contributed by atoms with van der Waals surface area (Å²) in [6.07, 6.45) is -0.384. The van der Waals surface area contributed by atoms with Crippen LogP contribution in [0.15, 0.2) is 42.9 Å². The van der Waals surface area contributed by atoms with Crippen LogP contribution in [0.5, 0.6) is 5.88 Å². The molecule has 32 heavy (non-hydrogen) atoms. The minimum absolute atomic E-state index is 0.0143. The van der Waals surface area contributed by atoms with E-state index in [0.717, 1.165) is 0 Å². The van der Waals surface area contributed by atoms with Crippen LogP contribution < -0.4 is 4.74 Å². The van der Waals surface area contributed by atoms with Gasteiger partial charge in [0.1, 0.15) is 0 Å². The van der Waals surface area contributed by atoms with Gasteiger partial charge in [-0.3, -0.25) is 9.78 Å². The van der Waals surface area contributed by atoms with Gasteiger partial charge in [-0.05, 0) is 24.3 Å². The summed E-state index contributed by atoms with van der Waals surface area (Å²) in [4.78, 5) is 31.3. The summed E-state index contributed by atoms with van der Waals surface area (Å²) in [7, 11) is 0. The molecule has 0 aliphatic carbocycles. The highest BCUT2D eigenvalue weighted by Gasteiger charge is 2.52. The van der Waals surface area contributed by atoms with Crippen LogP contribution in [-0.4, -0.2) is 70.9 Å².